The molecule has 0 spiro atoms. The topological polar surface area (TPSA) is 72.3 Å². The van der Waals surface area contributed by atoms with Crippen molar-refractivity contribution in [3.05, 3.63) is 78.1 Å². The highest BCUT2D eigenvalue weighted by molar-refractivity contribution is 6.07. The molecule has 2 aromatic carbocycles. The zero-order valence-electron chi connectivity index (χ0n) is 17.6. The van der Waals surface area contributed by atoms with Gasteiger partial charge in [-0.2, -0.15) is 0 Å². The number of rotatable bonds is 7. The fourth-order valence-electron chi connectivity index (χ4n) is 3.73. The molecule has 0 aliphatic carbocycles. The van der Waals surface area contributed by atoms with Gasteiger partial charge in [-0.3, -0.25) is 9.78 Å². The first kappa shape index (κ1) is 20.7. The van der Waals surface area contributed by atoms with E-state index in [0.717, 1.165) is 40.4 Å². The molecule has 5 nitrogen and oxygen atoms in total. The molecule has 4 aromatic rings. The average molecular weight is 412 g/mol. The zero-order chi connectivity index (χ0) is 21.8. The highest BCUT2D eigenvalue weighted by Crippen LogP contribution is 2.35. The summed E-state index contributed by atoms with van der Waals surface area (Å²) in [4.78, 5) is 21.1. The lowest BCUT2D eigenvalue weighted by Crippen LogP contribution is -1.99. The lowest BCUT2D eigenvalue weighted by atomic mass is 9.98. The molecule has 0 amide bonds. The van der Waals surface area contributed by atoms with E-state index in [2.05, 4.69) is 29.2 Å². The molecule has 0 aliphatic rings. The van der Waals surface area contributed by atoms with Crippen LogP contribution in [-0.2, 0) is 6.42 Å². The summed E-state index contributed by atoms with van der Waals surface area (Å²) in [5.41, 5.74) is 6.15. The molecule has 0 radical (unpaired) electrons. The monoisotopic (exact) mass is 412 g/mol. The zero-order valence-corrected chi connectivity index (χ0v) is 17.6. The maximum Gasteiger partial charge on any atom is 0.160 e. The number of carbonyl (C=O) groups is 1. The largest absolute Gasteiger partial charge is 0.496 e. The first-order chi connectivity index (χ1) is 15.1. The molecule has 5 heteroatoms. The summed E-state index contributed by atoms with van der Waals surface area (Å²) in [6.07, 6.45) is 4.97. The predicted molar refractivity (Wildman–Crippen MR) is 122 cm³/mol. The number of pyridine rings is 2. The molecule has 31 heavy (non-hydrogen) atoms. The van der Waals surface area contributed by atoms with E-state index >= 15 is 0 Å². The van der Waals surface area contributed by atoms with Gasteiger partial charge in [0.1, 0.15) is 5.75 Å². The van der Waals surface area contributed by atoms with Crippen molar-refractivity contribution < 1.29 is 14.6 Å². The first-order valence-electron chi connectivity index (χ1n) is 10.2. The van der Waals surface area contributed by atoms with Crippen LogP contribution in [0.25, 0.3) is 33.3 Å². The molecular weight excluding hydrogens is 388 g/mol. The number of ketones is 1. The van der Waals surface area contributed by atoms with Gasteiger partial charge in [-0.1, -0.05) is 30.3 Å². The highest BCUT2D eigenvalue weighted by atomic mass is 16.5. The number of aryl methyl sites for hydroxylation is 1. The normalized spacial score (nSPS) is 10.9. The number of hydrogen-bond donors (Lipinski definition) is 1. The number of carbonyl (C=O) groups excluding carboxylic acids is 1. The van der Waals surface area contributed by atoms with Gasteiger partial charge in [0.05, 0.1) is 18.3 Å². The van der Waals surface area contributed by atoms with Crippen LogP contribution >= 0.6 is 0 Å². The number of ether oxygens (including phenoxy) is 1. The number of Topliss-reactive ketones (excluding diaryl/α,β-unsaturated/α-hetero) is 1. The van der Waals surface area contributed by atoms with Crippen LogP contribution in [0.2, 0.25) is 0 Å². The predicted octanol–water partition coefficient (Wildman–Crippen LogP) is 5.10. The van der Waals surface area contributed by atoms with Crippen molar-refractivity contribution in [2.45, 2.75) is 19.8 Å². The summed E-state index contributed by atoms with van der Waals surface area (Å²) in [6.45, 7) is 1.75. The van der Waals surface area contributed by atoms with Gasteiger partial charge >= 0.3 is 0 Å². The van der Waals surface area contributed by atoms with E-state index in [-0.39, 0.29) is 12.4 Å². The van der Waals surface area contributed by atoms with E-state index in [1.165, 1.54) is 5.56 Å². The van der Waals surface area contributed by atoms with Crippen LogP contribution in [0.3, 0.4) is 0 Å². The number of nitrogens with zero attached hydrogens (tertiary/aromatic N) is 2. The number of benzene rings is 2. The van der Waals surface area contributed by atoms with E-state index < -0.39 is 0 Å². The van der Waals surface area contributed by atoms with Gasteiger partial charge in [0.2, 0.25) is 0 Å². The summed E-state index contributed by atoms with van der Waals surface area (Å²) in [7, 11) is 1.64. The maximum absolute atomic E-state index is 12.2. The van der Waals surface area contributed by atoms with Crippen molar-refractivity contribution in [1.82, 2.24) is 9.97 Å². The highest BCUT2D eigenvalue weighted by Gasteiger charge is 2.15. The minimum absolute atomic E-state index is 0.0291. The van der Waals surface area contributed by atoms with E-state index in [1.54, 1.807) is 32.5 Å². The first-order valence-corrected chi connectivity index (χ1v) is 10.2. The Morgan fingerprint density at radius 3 is 2.52 bits per heavy atom. The fraction of sp³-hybridized carbons (Fsp3) is 0.192. The molecule has 0 fully saturated rings. The van der Waals surface area contributed by atoms with Crippen LogP contribution in [-0.4, -0.2) is 34.6 Å². The lowest BCUT2D eigenvalue weighted by Gasteiger charge is -2.13. The van der Waals surface area contributed by atoms with Crippen LogP contribution in [0.4, 0.5) is 0 Å². The Morgan fingerprint density at radius 2 is 1.81 bits per heavy atom. The van der Waals surface area contributed by atoms with Crippen molar-refractivity contribution in [3.8, 4) is 28.1 Å². The third kappa shape index (κ3) is 4.32. The van der Waals surface area contributed by atoms with E-state index in [4.69, 9.17) is 14.8 Å². The molecule has 0 saturated heterocycles. The van der Waals surface area contributed by atoms with Gasteiger partial charge < -0.3 is 9.84 Å². The number of hydrogen-bond acceptors (Lipinski definition) is 5. The van der Waals surface area contributed by atoms with Gasteiger partial charge in [-0.25, -0.2) is 4.98 Å². The van der Waals surface area contributed by atoms with Crippen LogP contribution in [0, 0.1) is 0 Å². The van der Waals surface area contributed by atoms with Crippen LogP contribution in [0.5, 0.6) is 5.75 Å². The number of methoxy groups -OCH3 is 1. The second-order valence-electron chi connectivity index (χ2n) is 7.44. The van der Waals surface area contributed by atoms with E-state index in [0.29, 0.717) is 17.0 Å². The standard InChI is InChI=1S/C26H24N2O3/c1-17(30)22-15-25(28-24-11-12-27-16-23(22)24)21-10-9-20(14-26(21)31-2)19-7-5-18(6-8-19)4-3-13-29/h5-12,14-16,29H,3-4,13H2,1-2H3. The molecule has 2 heterocycles. The molecule has 0 saturated carbocycles. The van der Waals surface area contributed by atoms with Crippen molar-refractivity contribution in [1.29, 1.82) is 0 Å². The minimum atomic E-state index is -0.0291. The Morgan fingerprint density at radius 1 is 1.03 bits per heavy atom. The smallest absolute Gasteiger partial charge is 0.160 e. The Balaban J connectivity index is 1.75. The lowest BCUT2D eigenvalue weighted by molar-refractivity contribution is 0.101. The Kier molecular flexibility index (Phi) is 6.05. The Bertz CT molecular complexity index is 1230. The van der Waals surface area contributed by atoms with Crippen molar-refractivity contribution >= 4 is 16.7 Å². The van der Waals surface area contributed by atoms with Gasteiger partial charge in [0.15, 0.2) is 5.78 Å². The number of aliphatic hydroxyl groups excluding tert-OH is 1. The summed E-state index contributed by atoms with van der Waals surface area (Å²) in [5.74, 6) is 0.663. The number of aromatic nitrogens is 2. The summed E-state index contributed by atoms with van der Waals surface area (Å²) in [6, 6.07) is 18.0. The fourth-order valence-corrected chi connectivity index (χ4v) is 3.73. The second-order valence-corrected chi connectivity index (χ2v) is 7.44. The summed E-state index contributed by atoms with van der Waals surface area (Å²) in [5, 5.41) is 9.75. The van der Waals surface area contributed by atoms with Crippen molar-refractivity contribution in [3.63, 3.8) is 0 Å². The molecule has 0 bridgehead atoms. The van der Waals surface area contributed by atoms with Gasteiger partial charge in [-0.05, 0) is 60.7 Å². The SMILES string of the molecule is COc1cc(-c2ccc(CCCO)cc2)ccc1-c1cc(C(C)=O)c2cnccc2n1. The Hall–Kier alpha value is -3.57. The molecule has 0 unspecified atom stereocenters. The summed E-state index contributed by atoms with van der Waals surface area (Å²) < 4.78 is 5.69. The second kappa shape index (κ2) is 9.06. The third-order valence-corrected chi connectivity index (χ3v) is 5.38. The molecule has 4 rings (SSSR count). The molecule has 2 aromatic heterocycles. The van der Waals surface area contributed by atoms with Gasteiger partial charge in [0, 0.05) is 35.5 Å². The van der Waals surface area contributed by atoms with Crippen LogP contribution < -0.4 is 4.74 Å². The van der Waals surface area contributed by atoms with Gasteiger partial charge in [0.25, 0.3) is 0 Å². The van der Waals surface area contributed by atoms with E-state index in [9.17, 15) is 4.79 Å². The van der Waals surface area contributed by atoms with E-state index in [1.807, 2.05) is 24.3 Å². The molecule has 0 atom stereocenters. The van der Waals surface area contributed by atoms with Gasteiger partial charge in [-0.15, -0.1) is 0 Å². The molecule has 1 N–H and O–H groups in total. The summed E-state index contributed by atoms with van der Waals surface area (Å²) >= 11 is 0. The minimum Gasteiger partial charge on any atom is -0.496 e. The Labute approximate surface area is 181 Å². The van der Waals surface area contributed by atoms with Crippen LogP contribution in [0.15, 0.2) is 67.0 Å². The maximum atomic E-state index is 12.2. The number of fused-ring (bicyclic) bond motifs is 1. The quantitative estimate of drug-likeness (QED) is 0.428. The third-order valence-electron chi connectivity index (χ3n) is 5.38. The molecular formula is C26H24N2O3. The molecule has 156 valence electrons. The molecule has 0 aliphatic heterocycles. The number of aliphatic hydroxyl groups is 1. The average Bonchev–Trinajstić information content (AvgIpc) is 2.81. The van der Waals surface area contributed by atoms with Crippen LogP contribution in [0.1, 0.15) is 29.3 Å². The van der Waals surface area contributed by atoms with Crippen molar-refractivity contribution in [2.75, 3.05) is 13.7 Å². The van der Waals surface area contributed by atoms with Crippen molar-refractivity contribution in [2.24, 2.45) is 0 Å².